The Bertz CT molecular complexity index is 501. The lowest BCUT2D eigenvalue weighted by molar-refractivity contribution is -0.135. The summed E-state index contributed by atoms with van der Waals surface area (Å²) in [4.78, 5) is 26.4. The molecule has 0 aromatic heterocycles. The number of anilines is 1. The molecule has 1 heterocycles. The van der Waals surface area contributed by atoms with Gasteiger partial charge in [-0.3, -0.25) is 9.59 Å². The van der Waals surface area contributed by atoms with E-state index in [1.54, 1.807) is 29.2 Å². The third-order valence-electron chi connectivity index (χ3n) is 3.28. The Morgan fingerprint density at radius 1 is 1.25 bits per heavy atom. The molecule has 0 spiro atoms. The van der Waals surface area contributed by atoms with E-state index in [-0.39, 0.29) is 19.0 Å². The molecular formula is C14H17ClN2O3. The standard InChI is InChI=1S/C14H17ClN2O3/c15-11-4-3-5-12(8-11)17(10-14(19)20)9-13(18)16-6-1-2-7-16/h3-5,8H,1-2,6-7,9-10H2,(H,19,20). The summed E-state index contributed by atoms with van der Waals surface area (Å²) >= 11 is 5.92. The van der Waals surface area contributed by atoms with Crippen molar-refractivity contribution in [2.75, 3.05) is 31.1 Å². The minimum absolute atomic E-state index is 0.0382. The second kappa shape index (κ2) is 6.61. The first-order valence-corrected chi connectivity index (χ1v) is 6.94. The second-order valence-electron chi connectivity index (χ2n) is 4.82. The molecule has 1 aromatic rings. The summed E-state index contributed by atoms with van der Waals surface area (Å²) in [6, 6.07) is 6.88. The molecule has 0 aliphatic carbocycles. The van der Waals surface area contributed by atoms with Gasteiger partial charge in [0.1, 0.15) is 6.54 Å². The largest absolute Gasteiger partial charge is 0.480 e. The van der Waals surface area contributed by atoms with Crippen molar-refractivity contribution in [1.29, 1.82) is 0 Å². The zero-order valence-electron chi connectivity index (χ0n) is 11.1. The number of amides is 1. The first-order valence-electron chi connectivity index (χ1n) is 6.56. The van der Waals surface area contributed by atoms with Crippen molar-refractivity contribution < 1.29 is 14.7 Å². The normalized spacial score (nSPS) is 14.3. The maximum atomic E-state index is 12.2. The minimum atomic E-state index is -0.973. The van der Waals surface area contributed by atoms with Crippen molar-refractivity contribution in [3.8, 4) is 0 Å². The van der Waals surface area contributed by atoms with Crippen LogP contribution in [0.2, 0.25) is 5.02 Å². The van der Waals surface area contributed by atoms with Crippen LogP contribution < -0.4 is 4.90 Å². The molecular weight excluding hydrogens is 280 g/mol. The van der Waals surface area contributed by atoms with E-state index in [1.165, 1.54) is 4.90 Å². The van der Waals surface area contributed by atoms with E-state index in [1.807, 2.05) is 0 Å². The average Bonchev–Trinajstić information content (AvgIpc) is 2.91. The van der Waals surface area contributed by atoms with Crippen molar-refractivity contribution in [3.63, 3.8) is 0 Å². The van der Waals surface area contributed by atoms with E-state index in [0.29, 0.717) is 10.7 Å². The molecule has 0 bridgehead atoms. The fourth-order valence-electron chi connectivity index (χ4n) is 2.30. The van der Waals surface area contributed by atoms with Gasteiger partial charge < -0.3 is 14.9 Å². The molecule has 0 unspecified atom stereocenters. The van der Waals surface area contributed by atoms with Crippen LogP contribution in [0.15, 0.2) is 24.3 Å². The van der Waals surface area contributed by atoms with Crippen molar-refractivity contribution in [2.45, 2.75) is 12.8 Å². The molecule has 6 heteroatoms. The zero-order chi connectivity index (χ0) is 14.5. The summed E-state index contributed by atoms with van der Waals surface area (Å²) in [6.07, 6.45) is 2.03. The molecule has 1 aromatic carbocycles. The summed E-state index contributed by atoms with van der Waals surface area (Å²) in [7, 11) is 0. The minimum Gasteiger partial charge on any atom is -0.480 e. The molecule has 1 N–H and O–H groups in total. The highest BCUT2D eigenvalue weighted by atomic mass is 35.5. The van der Waals surface area contributed by atoms with Gasteiger partial charge in [0.2, 0.25) is 5.91 Å². The highest BCUT2D eigenvalue weighted by molar-refractivity contribution is 6.30. The van der Waals surface area contributed by atoms with E-state index in [2.05, 4.69) is 0 Å². The number of carbonyl (C=O) groups excluding carboxylic acids is 1. The fourth-order valence-corrected chi connectivity index (χ4v) is 2.49. The second-order valence-corrected chi connectivity index (χ2v) is 5.25. The molecule has 1 amide bonds. The van der Waals surface area contributed by atoms with Crippen LogP contribution in [-0.4, -0.2) is 48.1 Å². The number of carbonyl (C=O) groups is 2. The number of aliphatic carboxylic acids is 1. The molecule has 5 nitrogen and oxygen atoms in total. The van der Waals surface area contributed by atoms with Crippen LogP contribution in [0.4, 0.5) is 5.69 Å². The van der Waals surface area contributed by atoms with Crippen molar-refractivity contribution in [1.82, 2.24) is 4.90 Å². The number of likely N-dealkylation sites (tertiary alicyclic amines) is 1. The van der Waals surface area contributed by atoms with Gasteiger partial charge in [0.05, 0.1) is 6.54 Å². The number of carboxylic acid groups (broad SMARTS) is 1. The average molecular weight is 297 g/mol. The Kier molecular flexibility index (Phi) is 4.84. The summed E-state index contributed by atoms with van der Waals surface area (Å²) < 4.78 is 0. The summed E-state index contributed by atoms with van der Waals surface area (Å²) in [6.45, 7) is 1.36. The van der Waals surface area contributed by atoms with Gasteiger partial charge in [-0.1, -0.05) is 17.7 Å². The fraction of sp³-hybridized carbons (Fsp3) is 0.429. The third kappa shape index (κ3) is 3.87. The zero-order valence-corrected chi connectivity index (χ0v) is 11.8. The molecule has 0 saturated carbocycles. The molecule has 0 radical (unpaired) electrons. The molecule has 0 atom stereocenters. The topological polar surface area (TPSA) is 60.9 Å². The van der Waals surface area contributed by atoms with Gasteiger partial charge in [-0.05, 0) is 31.0 Å². The maximum absolute atomic E-state index is 12.2. The highest BCUT2D eigenvalue weighted by Gasteiger charge is 2.22. The van der Waals surface area contributed by atoms with E-state index in [0.717, 1.165) is 25.9 Å². The first kappa shape index (κ1) is 14.7. The third-order valence-corrected chi connectivity index (χ3v) is 3.52. The first-order chi connectivity index (χ1) is 9.56. The summed E-state index contributed by atoms with van der Waals surface area (Å²) in [5.41, 5.74) is 0.646. The van der Waals surface area contributed by atoms with Crippen LogP contribution in [0.1, 0.15) is 12.8 Å². The maximum Gasteiger partial charge on any atom is 0.323 e. The van der Waals surface area contributed by atoms with Crippen LogP contribution >= 0.6 is 11.6 Å². The Hall–Kier alpha value is -1.75. The number of benzene rings is 1. The van der Waals surface area contributed by atoms with Crippen molar-refractivity contribution in [3.05, 3.63) is 29.3 Å². The number of halogens is 1. The Morgan fingerprint density at radius 2 is 1.95 bits per heavy atom. The van der Waals surface area contributed by atoms with Gasteiger partial charge in [-0.2, -0.15) is 0 Å². The monoisotopic (exact) mass is 296 g/mol. The van der Waals surface area contributed by atoms with Gasteiger partial charge >= 0.3 is 5.97 Å². The van der Waals surface area contributed by atoms with E-state index >= 15 is 0 Å². The SMILES string of the molecule is O=C(O)CN(CC(=O)N1CCCC1)c1cccc(Cl)c1. The summed E-state index contributed by atoms with van der Waals surface area (Å²) in [5.74, 6) is -1.01. The molecule has 1 saturated heterocycles. The van der Waals surface area contributed by atoms with Gasteiger partial charge in [0, 0.05) is 23.8 Å². The van der Waals surface area contributed by atoms with Gasteiger partial charge in [-0.25, -0.2) is 0 Å². The lowest BCUT2D eigenvalue weighted by Crippen LogP contribution is -2.41. The predicted octanol–water partition coefficient (Wildman–Crippen LogP) is 1.85. The van der Waals surface area contributed by atoms with Crippen molar-refractivity contribution >= 4 is 29.2 Å². The smallest absolute Gasteiger partial charge is 0.323 e. The van der Waals surface area contributed by atoms with Gasteiger partial charge in [0.25, 0.3) is 0 Å². The Balaban J connectivity index is 2.10. The van der Waals surface area contributed by atoms with Crippen LogP contribution in [0.3, 0.4) is 0 Å². The number of carboxylic acids is 1. The Morgan fingerprint density at radius 3 is 2.55 bits per heavy atom. The van der Waals surface area contributed by atoms with Gasteiger partial charge in [0.15, 0.2) is 0 Å². The molecule has 1 aliphatic rings. The van der Waals surface area contributed by atoms with Crippen LogP contribution in [0, 0.1) is 0 Å². The molecule has 1 fully saturated rings. The summed E-state index contributed by atoms with van der Waals surface area (Å²) in [5, 5.41) is 9.51. The lowest BCUT2D eigenvalue weighted by Gasteiger charge is -2.25. The number of hydrogen-bond donors (Lipinski definition) is 1. The lowest BCUT2D eigenvalue weighted by atomic mass is 10.2. The van der Waals surface area contributed by atoms with Crippen LogP contribution in [0.25, 0.3) is 0 Å². The number of rotatable bonds is 5. The quantitative estimate of drug-likeness (QED) is 0.901. The highest BCUT2D eigenvalue weighted by Crippen LogP contribution is 2.20. The van der Waals surface area contributed by atoms with Crippen molar-refractivity contribution in [2.24, 2.45) is 0 Å². The van der Waals surface area contributed by atoms with E-state index < -0.39 is 5.97 Å². The number of nitrogens with zero attached hydrogens (tertiary/aromatic N) is 2. The molecule has 108 valence electrons. The van der Waals surface area contributed by atoms with E-state index in [9.17, 15) is 9.59 Å². The van der Waals surface area contributed by atoms with Crippen LogP contribution in [0.5, 0.6) is 0 Å². The van der Waals surface area contributed by atoms with Gasteiger partial charge in [-0.15, -0.1) is 0 Å². The molecule has 20 heavy (non-hydrogen) atoms. The van der Waals surface area contributed by atoms with E-state index in [4.69, 9.17) is 16.7 Å². The molecule has 2 rings (SSSR count). The number of hydrogen-bond acceptors (Lipinski definition) is 3. The predicted molar refractivity (Wildman–Crippen MR) is 77.1 cm³/mol. The Labute approximate surface area is 122 Å². The van der Waals surface area contributed by atoms with Crippen LogP contribution in [-0.2, 0) is 9.59 Å². The molecule has 1 aliphatic heterocycles.